The smallest absolute Gasteiger partial charge is 0.262 e. The van der Waals surface area contributed by atoms with E-state index >= 15 is 0 Å². The molecule has 0 aliphatic carbocycles. The van der Waals surface area contributed by atoms with Crippen LogP contribution in [0.1, 0.15) is 33.6 Å². The summed E-state index contributed by atoms with van der Waals surface area (Å²) in [6.07, 6.45) is 1.41. The summed E-state index contributed by atoms with van der Waals surface area (Å²) in [7, 11) is 0. The molecule has 1 aliphatic heterocycles. The van der Waals surface area contributed by atoms with Crippen molar-refractivity contribution in [3.05, 3.63) is 132 Å². The number of carbonyl (C=O) groups excluding carboxylic acids is 2. The van der Waals surface area contributed by atoms with Gasteiger partial charge in [0.2, 0.25) is 0 Å². The first-order chi connectivity index (χ1) is 19.7. The van der Waals surface area contributed by atoms with Gasteiger partial charge in [0.25, 0.3) is 11.8 Å². The fourth-order valence-corrected chi connectivity index (χ4v) is 5.73. The summed E-state index contributed by atoms with van der Waals surface area (Å²) in [6.45, 7) is 0.858. The maximum absolute atomic E-state index is 14.3. The summed E-state index contributed by atoms with van der Waals surface area (Å²) < 4.78 is 0. The van der Waals surface area contributed by atoms with Crippen molar-refractivity contribution in [3.8, 4) is 44.5 Å². The summed E-state index contributed by atoms with van der Waals surface area (Å²) in [5.41, 5.74) is 13.9. The van der Waals surface area contributed by atoms with Gasteiger partial charge in [-0.3, -0.25) is 14.5 Å². The van der Waals surface area contributed by atoms with E-state index in [0.717, 1.165) is 50.9 Å². The Morgan fingerprint density at radius 3 is 1.02 bits per heavy atom. The maximum atomic E-state index is 14.3. The normalized spacial score (nSPS) is 12.3. The number of rotatable bonds is 8. The van der Waals surface area contributed by atoms with E-state index < -0.39 is 0 Å². The molecule has 4 nitrogen and oxygen atoms in total. The second kappa shape index (κ2) is 12.3. The predicted molar refractivity (Wildman–Crippen MR) is 169 cm³/mol. The summed E-state index contributed by atoms with van der Waals surface area (Å²) >= 11 is 0. The molecule has 2 N–H and O–H groups in total. The predicted octanol–water partition coefficient (Wildman–Crippen LogP) is 8.11. The molecule has 5 aromatic rings. The van der Waals surface area contributed by atoms with E-state index in [4.69, 9.17) is 5.73 Å². The average Bonchev–Trinajstić information content (AvgIpc) is 3.26. The van der Waals surface area contributed by atoms with Gasteiger partial charge >= 0.3 is 0 Å². The number of hydrogen-bond donors (Lipinski definition) is 1. The Hall–Kier alpha value is -4.51. The molecule has 0 fully saturated rings. The van der Waals surface area contributed by atoms with Crippen LogP contribution in [0.4, 0.5) is 0 Å². The number of unbranched alkanes of at least 4 members (excludes halogenated alkanes) is 1. The molecule has 0 radical (unpaired) electrons. The molecule has 41 heavy (non-hydrogen) atoms. The van der Waals surface area contributed by atoms with Crippen molar-refractivity contribution < 1.29 is 9.59 Å². The highest BCUT2D eigenvalue weighted by atomic mass is 35.5. The van der Waals surface area contributed by atoms with Gasteiger partial charge < -0.3 is 5.73 Å². The number of amides is 2. The number of imide groups is 1. The van der Waals surface area contributed by atoms with Crippen LogP contribution in [-0.4, -0.2) is 29.8 Å². The van der Waals surface area contributed by atoms with Crippen LogP contribution in [0.15, 0.2) is 121 Å². The van der Waals surface area contributed by atoms with Crippen molar-refractivity contribution in [3.63, 3.8) is 0 Å². The van der Waals surface area contributed by atoms with Crippen molar-refractivity contribution in [2.75, 3.05) is 13.1 Å². The van der Waals surface area contributed by atoms with Crippen molar-refractivity contribution in [1.29, 1.82) is 0 Å². The lowest BCUT2D eigenvalue weighted by Gasteiger charge is -2.23. The molecule has 0 bridgehead atoms. The molecule has 204 valence electrons. The van der Waals surface area contributed by atoms with Gasteiger partial charge in [-0.25, -0.2) is 0 Å². The molecule has 1 aliphatic rings. The minimum atomic E-state index is -0.246. The second-order valence-electron chi connectivity index (χ2n) is 9.97. The highest BCUT2D eigenvalue weighted by Gasteiger charge is 2.42. The highest BCUT2D eigenvalue weighted by molar-refractivity contribution is 6.30. The first-order valence-electron chi connectivity index (χ1n) is 13.7. The lowest BCUT2D eigenvalue weighted by molar-refractivity contribution is 0.0652. The highest BCUT2D eigenvalue weighted by Crippen LogP contribution is 2.51. The van der Waals surface area contributed by atoms with Crippen LogP contribution in [-0.2, 0) is 0 Å². The van der Waals surface area contributed by atoms with E-state index in [1.165, 1.54) is 4.90 Å². The van der Waals surface area contributed by atoms with Crippen molar-refractivity contribution >= 4 is 24.2 Å². The number of halogens is 1. The van der Waals surface area contributed by atoms with E-state index in [0.29, 0.717) is 30.6 Å². The van der Waals surface area contributed by atoms with E-state index in [2.05, 4.69) is 24.3 Å². The Morgan fingerprint density at radius 2 is 0.732 bits per heavy atom. The fourth-order valence-electron chi connectivity index (χ4n) is 5.73. The number of fused-ring (bicyclic) bond motifs is 1. The van der Waals surface area contributed by atoms with Crippen LogP contribution < -0.4 is 5.73 Å². The van der Waals surface area contributed by atoms with Gasteiger partial charge in [0.05, 0.1) is 11.1 Å². The molecule has 0 spiro atoms. The minimum Gasteiger partial charge on any atom is -0.330 e. The Kier molecular flexibility index (Phi) is 8.44. The first kappa shape index (κ1) is 28.0. The van der Waals surface area contributed by atoms with Gasteiger partial charge in [-0.1, -0.05) is 121 Å². The molecule has 1 heterocycles. The van der Waals surface area contributed by atoms with Crippen molar-refractivity contribution in [1.82, 2.24) is 4.90 Å². The average molecular weight is 559 g/mol. The number of hydrogen-bond acceptors (Lipinski definition) is 3. The van der Waals surface area contributed by atoms with E-state index in [-0.39, 0.29) is 24.2 Å². The molecule has 0 saturated heterocycles. The molecular formula is C36H31ClN2O2. The maximum Gasteiger partial charge on any atom is 0.262 e. The van der Waals surface area contributed by atoms with Crippen LogP contribution >= 0.6 is 12.4 Å². The van der Waals surface area contributed by atoms with Crippen LogP contribution in [0.3, 0.4) is 0 Å². The van der Waals surface area contributed by atoms with Crippen LogP contribution in [0.5, 0.6) is 0 Å². The molecule has 0 atom stereocenters. The number of nitrogens with zero attached hydrogens (tertiary/aromatic N) is 1. The number of benzene rings is 5. The third-order valence-electron chi connectivity index (χ3n) is 7.50. The van der Waals surface area contributed by atoms with Gasteiger partial charge in [-0.15, -0.1) is 12.4 Å². The van der Waals surface area contributed by atoms with Gasteiger partial charge in [-0.05, 0) is 52.8 Å². The Labute approximate surface area is 246 Å². The Morgan fingerprint density at radius 1 is 0.439 bits per heavy atom. The number of nitrogens with two attached hydrogens (primary N) is 1. The van der Waals surface area contributed by atoms with Crippen molar-refractivity contribution in [2.24, 2.45) is 5.73 Å². The largest absolute Gasteiger partial charge is 0.330 e. The molecule has 0 unspecified atom stereocenters. The quantitative estimate of drug-likeness (QED) is 0.154. The Bertz CT molecular complexity index is 1550. The summed E-state index contributed by atoms with van der Waals surface area (Å²) in [5, 5.41) is 0. The van der Waals surface area contributed by atoms with Crippen molar-refractivity contribution in [2.45, 2.75) is 12.8 Å². The third-order valence-corrected chi connectivity index (χ3v) is 7.50. The lowest BCUT2D eigenvalue weighted by Crippen LogP contribution is -2.31. The monoisotopic (exact) mass is 558 g/mol. The molecule has 6 rings (SSSR count). The molecule has 5 heteroatoms. The van der Waals surface area contributed by atoms with Gasteiger partial charge in [0.1, 0.15) is 0 Å². The summed E-state index contributed by atoms with van der Waals surface area (Å²) in [5.74, 6) is -0.491. The van der Waals surface area contributed by atoms with Gasteiger partial charge in [-0.2, -0.15) is 0 Å². The van der Waals surface area contributed by atoms with E-state index in [9.17, 15) is 9.59 Å². The standard InChI is InChI=1S/C36H30N2O2.ClH/c37-23-13-14-24-38-35(39)33-31(27-19-9-3-10-20-27)29(25-15-5-1-6-16-25)30(26-17-7-2-8-18-26)32(34(33)36(38)40)28-21-11-4-12-22-28;/h1-12,15-22H,13-14,23-24,37H2;1H. The van der Waals surface area contributed by atoms with E-state index in [1.54, 1.807) is 0 Å². The summed E-state index contributed by atoms with van der Waals surface area (Å²) in [4.78, 5) is 30.0. The minimum absolute atomic E-state index is 0. The molecule has 2 amide bonds. The van der Waals surface area contributed by atoms with Gasteiger partial charge in [0.15, 0.2) is 0 Å². The molecule has 0 aromatic heterocycles. The number of carbonyl (C=O) groups is 2. The summed E-state index contributed by atoms with van der Waals surface area (Å²) in [6, 6.07) is 40.3. The van der Waals surface area contributed by atoms with Crippen LogP contribution in [0.2, 0.25) is 0 Å². The molecular weight excluding hydrogens is 528 g/mol. The zero-order valence-corrected chi connectivity index (χ0v) is 23.4. The van der Waals surface area contributed by atoms with Crippen LogP contribution in [0.25, 0.3) is 44.5 Å². The topological polar surface area (TPSA) is 63.4 Å². The van der Waals surface area contributed by atoms with E-state index in [1.807, 2.05) is 97.1 Å². The lowest BCUT2D eigenvalue weighted by atomic mass is 9.78. The third kappa shape index (κ3) is 5.08. The zero-order valence-electron chi connectivity index (χ0n) is 22.6. The first-order valence-corrected chi connectivity index (χ1v) is 13.7. The fraction of sp³-hybridized carbons (Fsp3) is 0.111. The zero-order chi connectivity index (χ0) is 27.5. The Balaban J connectivity index is 0.00000337. The molecule has 5 aromatic carbocycles. The second-order valence-corrected chi connectivity index (χ2v) is 9.97. The van der Waals surface area contributed by atoms with Crippen LogP contribution in [0, 0.1) is 0 Å². The van der Waals surface area contributed by atoms with Gasteiger partial charge in [0, 0.05) is 17.7 Å². The SMILES string of the molecule is Cl.NCCCCN1C(=O)c2c(c(-c3ccccc3)c(-c3ccccc3)c(-c3ccccc3)c2-c2ccccc2)C1=O. The molecule has 0 saturated carbocycles.